The monoisotopic (exact) mass is 254 g/mol. The zero-order valence-corrected chi connectivity index (χ0v) is 12.1. The molecule has 0 heterocycles. The summed E-state index contributed by atoms with van der Waals surface area (Å²) in [6, 6.07) is 9.30. The average Bonchev–Trinajstić information content (AvgIpc) is 2.17. The van der Waals surface area contributed by atoms with Crippen LogP contribution in [0.2, 0.25) is 0 Å². The number of unbranched alkanes of at least 4 members (excludes halogenated alkanes) is 1. The van der Waals surface area contributed by atoms with E-state index in [0.717, 1.165) is 5.75 Å². The molecular weight excluding hydrogens is 239 g/mol. The van der Waals surface area contributed by atoms with Gasteiger partial charge in [-0.05, 0) is 25.0 Å². The molecular formula is C10H15NaO4S. The van der Waals surface area contributed by atoms with Crippen molar-refractivity contribution in [1.82, 2.24) is 0 Å². The van der Waals surface area contributed by atoms with Crippen LogP contribution in [0.15, 0.2) is 30.3 Å². The first kappa shape index (κ1) is 15.9. The summed E-state index contributed by atoms with van der Waals surface area (Å²) in [5.41, 5.74) is 0. The minimum absolute atomic E-state index is 0. The standard InChI is InChI=1S/C10H14O4S.Na.H/c11-15(12,13)9-5-4-8-14-10-6-2-1-3-7-10;;/h1-3,6-7H,4-5,8-9H2,(H,11,12,13);;/q;+1;-1. The van der Waals surface area contributed by atoms with Crippen LogP contribution in [-0.4, -0.2) is 25.3 Å². The minimum atomic E-state index is -3.82. The number of benzene rings is 1. The number of ether oxygens (including phenoxy) is 1. The number of para-hydroxylation sites is 1. The van der Waals surface area contributed by atoms with Crippen molar-refractivity contribution in [1.29, 1.82) is 0 Å². The maximum absolute atomic E-state index is 10.4. The molecule has 6 heteroatoms. The third-order valence-electron chi connectivity index (χ3n) is 1.81. The molecule has 0 radical (unpaired) electrons. The quantitative estimate of drug-likeness (QED) is 0.395. The van der Waals surface area contributed by atoms with E-state index in [4.69, 9.17) is 9.29 Å². The summed E-state index contributed by atoms with van der Waals surface area (Å²) in [7, 11) is -3.82. The molecule has 0 spiro atoms. The van der Waals surface area contributed by atoms with Crippen molar-refractivity contribution in [2.45, 2.75) is 12.8 Å². The van der Waals surface area contributed by atoms with Gasteiger partial charge in [0.15, 0.2) is 0 Å². The number of hydrogen-bond donors (Lipinski definition) is 1. The van der Waals surface area contributed by atoms with E-state index in [0.29, 0.717) is 19.4 Å². The van der Waals surface area contributed by atoms with Gasteiger partial charge in [0.25, 0.3) is 10.1 Å². The summed E-state index contributed by atoms with van der Waals surface area (Å²) in [5, 5.41) is 0. The number of hydrogen-bond acceptors (Lipinski definition) is 3. The summed E-state index contributed by atoms with van der Waals surface area (Å²) >= 11 is 0. The number of rotatable bonds is 6. The van der Waals surface area contributed by atoms with Crippen molar-refractivity contribution < 1.29 is 48.7 Å². The van der Waals surface area contributed by atoms with Gasteiger partial charge in [-0.2, -0.15) is 8.42 Å². The molecule has 1 N–H and O–H groups in total. The predicted octanol–water partition coefficient (Wildman–Crippen LogP) is -1.15. The molecule has 0 saturated carbocycles. The summed E-state index contributed by atoms with van der Waals surface area (Å²) < 4.78 is 34.6. The molecule has 0 aliphatic carbocycles. The second kappa shape index (κ2) is 8.08. The fourth-order valence-corrected chi connectivity index (χ4v) is 1.66. The van der Waals surface area contributed by atoms with Crippen molar-refractivity contribution in [3.05, 3.63) is 30.3 Å². The van der Waals surface area contributed by atoms with E-state index in [1.807, 2.05) is 30.3 Å². The molecule has 1 aromatic carbocycles. The topological polar surface area (TPSA) is 63.6 Å². The minimum Gasteiger partial charge on any atom is -1.00 e. The molecule has 0 bridgehead atoms. The molecule has 0 atom stereocenters. The van der Waals surface area contributed by atoms with Crippen LogP contribution in [0.4, 0.5) is 0 Å². The molecule has 4 nitrogen and oxygen atoms in total. The van der Waals surface area contributed by atoms with E-state index in [2.05, 4.69) is 0 Å². The van der Waals surface area contributed by atoms with Gasteiger partial charge in [-0.1, -0.05) is 18.2 Å². The van der Waals surface area contributed by atoms with Gasteiger partial charge in [0, 0.05) is 0 Å². The Kier molecular flexibility index (Phi) is 8.05. The van der Waals surface area contributed by atoms with E-state index in [-0.39, 0.29) is 36.7 Å². The van der Waals surface area contributed by atoms with Gasteiger partial charge in [0.1, 0.15) is 5.75 Å². The molecule has 86 valence electrons. The van der Waals surface area contributed by atoms with Crippen molar-refractivity contribution in [2.75, 3.05) is 12.4 Å². The smallest absolute Gasteiger partial charge is 1.00 e. The molecule has 0 aliphatic heterocycles. The second-order valence-electron chi connectivity index (χ2n) is 3.15. The summed E-state index contributed by atoms with van der Waals surface area (Å²) in [5.74, 6) is 0.565. The molecule has 0 aliphatic rings. The van der Waals surface area contributed by atoms with Gasteiger partial charge in [-0.15, -0.1) is 0 Å². The first-order chi connectivity index (χ1) is 7.08. The molecule has 0 amide bonds. The third-order valence-corrected chi connectivity index (χ3v) is 2.61. The van der Waals surface area contributed by atoms with Crippen molar-refractivity contribution >= 4 is 10.1 Å². The summed E-state index contributed by atoms with van der Waals surface area (Å²) in [4.78, 5) is 0. The van der Waals surface area contributed by atoms with Crippen molar-refractivity contribution in [3.63, 3.8) is 0 Å². The van der Waals surface area contributed by atoms with Gasteiger partial charge in [-0.25, -0.2) is 0 Å². The fourth-order valence-electron chi connectivity index (χ4n) is 1.09. The maximum atomic E-state index is 10.4. The van der Waals surface area contributed by atoms with Crippen LogP contribution in [0.5, 0.6) is 5.75 Å². The van der Waals surface area contributed by atoms with Gasteiger partial charge < -0.3 is 6.16 Å². The molecule has 0 unspecified atom stereocenters. The van der Waals surface area contributed by atoms with E-state index in [1.54, 1.807) is 0 Å². The SMILES string of the molecule is O=S(=O)(O)CCCCOc1ccccc1.[H-].[Na+]. The van der Waals surface area contributed by atoms with E-state index in [9.17, 15) is 8.42 Å². The molecule has 16 heavy (non-hydrogen) atoms. The molecule has 0 fully saturated rings. The van der Waals surface area contributed by atoms with Gasteiger partial charge in [0.05, 0.1) is 12.4 Å². The largest absolute Gasteiger partial charge is 1.00 e. The van der Waals surface area contributed by atoms with Crippen LogP contribution in [0, 0.1) is 0 Å². The van der Waals surface area contributed by atoms with E-state index >= 15 is 0 Å². The Morgan fingerprint density at radius 1 is 1.19 bits per heavy atom. The fraction of sp³-hybridized carbons (Fsp3) is 0.400. The van der Waals surface area contributed by atoms with Crippen LogP contribution in [0.1, 0.15) is 14.3 Å². The maximum Gasteiger partial charge on any atom is 1.00 e. The first-order valence-electron chi connectivity index (χ1n) is 4.71. The Labute approximate surface area is 120 Å². The Morgan fingerprint density at radius 3 is 2.38 bits per heavy atom. The summed E-state index contributed by atoms with van der Waals surface area (Å²) in [6.07, 6.45) is 1.01. The van der Waals surface area contributed by atoms with E-state index < -0.39 is 10.1 Å². The first-order valence-corrected chi connectivity index (χ1v) is 6.32. The Bertz CT molecular complexity index is 383. The molecule has 1 rings (SSSR count). The second-order valence-corrected chi connectivity index (χ2v) is 4.73. The predicted molar refractivity (Wildman–Crippen MR) is 58.7 cm³/mol. The zero-order valence-electron chi connectivity index (χ0n) is 10.3. The van der Waals surface area contributed by atoms with Gasteiger partial charge in [-0.3, -0.25) is 4.55 Å². The normalized spacial score (nSPS) is 10.6. The van der Waals surface area contributed by atoms with Crippen LogP contribution >= 0.6 is 0 Å². The van der Waals surface area contributed by atoms with Crippen LogP contribution in [-0.2, 0) is 10.1 Å². The van der Waals surface area contributed by atoms with Gasteiger partial charge >= 0.3 is 29.6 Å². The van der Waals surface area contributed by atoms with Crippen LogP contribution in [0.3, 0.4) is 0 Å². The Morgan fingerprint density at radius 2 is 1.81 bits per heavy atom. The Hall–Kier alpha value is -0.0700. The summed E-state index contributed by atoms with van der Waals surface area (Å²) in [6.45, 7) is 0.458. The van der Waals surface area contributed by atoms with Gasteiger partial charge in [0.2, 0.25) is 0 Å². The van der Waals surface area contributed by atoms with Crippen molar-refractivity contribution in [2.24, 2.45) is 0 Å². The van der Waals surface area contributed by atoms with Crippen LogP contribution < -0.4 is 34.3 Å². The molecule has 0 aromatic heterocycles. The average molecular weight is 254 g/mol. The van der Waals surface area contributed by atoms with Crippen molar-refractivity contribution in [3.8, 4) is 5.75 Å². The molecule has 1 aromatic rings. The Balaban J connectivity index is 0. The molecule has 0 saturated heterocycles. The van der Waals surface area contributed by atoms with Crippen LogP contribution in [0.25, 0.3) is 0 Å². The zero-order chi connectivity index (χ0) is 11.1. The van der Waals surface area contributed by atoms with E-state index in [1.165, 1.54) is 0 Å². The third kappa shape index (κ3) is 8.13.